The summed E-state index contributed by atoms with van der Waals surface area (Å²) in [5.41, 5.74) is 0. The van der Waals surface area contributed by atoms with Crippen LogP contribution >= 0.6 is 0 Å². The van der Waals surface area contributed by atoms with Crippen molar-refractivity contribution in [1.29, 1.82) is 0 Å². The van der Waals surface area contributed by atoms with Crippen molar-refractivity contribution in [2.45, 2.75) is 44.6 Å². The van der Waals surface area contributed by atoms with E-state index in [1.807, 2.05) is 4.90 Å². The fourth-order valence-corrected chi connectivity index (χ4v) is 3.68. The zero-order valence-electron chi connectivity index (χ0n) is 14.9. The third kappa shape index (κ3) is 4.33. The van der Waals surface area contributed by atoms with Crippen LogP contribution in [0.1, 0.15) is 44.3 Å². The van der Waals surface area contributed by atoms with Gasteiger partial charge in [-0.05, 0) is 33.2 Å². The van der Waals surface area contributed by atoms with Gasteiger partial charge in [-0.1, -0.05) is 5.16 Å². The first-order valence-corrected chi connectivity index (χ1v) is 9.10. The van der Waals surface area contributed by atoms with E-state index in [0.29, 0.717) is 24.3 Å². The van der Waals surface area contributed by atoms with Crippen LogP contribution in [0.15, 0.2) is 10.9 Å². The molecule has 1 atom stereocenters. The van der Waals surface area contributed by atoms with Crippen molar-refractivity contribution in [3.63, 3.8) is 0 Å². The van der Waals surface area contributed by atoms with E-state index in [9.17, 15) is 4.79 Å². The van der Waals surface area contributed by atoms with Crippen LogP contribution in [0.4, 0.5) is 0 Å². The Morgan fingerprint density at radius 3 is 2.58 bits per heavy atom. The maximum Gasteiger partial charge on any atom is 0.222 e. The third-order valence-electron chi connectivity index (χ3n) is 5.53. The number of nitrogens with zero attached hydrogens (tertiary/aromatic N) is 5. The number of carbonyl (C=O) groups excluding carboxylic acids is 1. The van der Waals surface area contributed by atoms with Gasteiger partial charge in [0.2, 0.25) is 12.3 Å². The maximum atomic E-state index is 12.5. The second-order valence-corrected chi connectivity index (χ2v) is 7.17. The molecule has 0 bridgehead atoms. The molecule has 3 heterocycles. The van der Waals surface area contributed by atoms with E-state index in [2.05, 4.69) is 33.9 Å². The Bertz CT molecular complexity index is 505. The molecule has 0 saturated carbocycles. The zero-order valence-corrected chi connectivity index (χ0v) is 14.9. The molecule has 3 rings (SSSR count). The lowest BCUT2D eigenvalue weighted by Gasteiger charge is -2.37. The summed E-state index contributed by atoms with van der Waals surface area (Å²) >= 11 is 0. The van der Waals surface area contributed by atoms with Gasteiger partial charge in [0.25, 0.3) is 0 Å². The lowest BCUT2D eigenvalue weighted by molar-refractivity contribution is -0.132. The van der Waals surface area contributed by atoms with Crippen LogP contribution in [0.25, 0.3) is 0 Å². The largest absolute Gasteiger partial charge is 0.343 e. The summed E-state index contributed by atoms with van der Waals surface area (Å²) in [6, 6.07) is 0.486. The van der Waals surface area contributed by atoms with Gasteiger partial charge in [-0.3, -0.25) is 9.69 Å². The number of piperidine rings is 1. The van der Waals surface area contributed by atoms with E-state index < -0.39 is 0 Å². The van der Waals surface area contributed by atoms with Gasteiger partial charge in [-0.15, -0.1) is 0 Å². The Hall–Kier alpha value is -1.47. The van der Waals surface area contributed by atoms with E-state index in [1.165, 1.54) is 6.39 Å². The second-order valence-electron chi connectivity index (χ2n) is 7.17. The molecular formula is C17H29N5O2. The Morgan fingerprint density at radius 1 is 1.25 bits per heavy atom. The number of hydrogen-bond donors (Lipinski definition) is 0. The molecule has 0 aliphatic carbocycles. The highest BCUT2D eigenvalue weighted by Gasteiger charge is 2.27. The number of piperazine rings is 1. The number of rotatable bonds is 5. The quantitative estimate of drug-likeness (QED) is 0.805. The van der Waals surface area contributed by atoms with Crippen LogP contribution in [-0.2, 0) is 4.79 Å². The highest BCUT2D eigenvalue weighted by Crippen LogP contribution is 2.25. The molecule has 0 radical (unpaired) electrons. The molecule has 7 nitrogen and oxygen atoms in total. The van der Waals surface area contributed by atoms with Crippen LogP contribution < -0.4 is 0 Å². The van der Waals surface area contributed by atoms with Crippen molar-refractivity contribution in [1.82, 2.24) is 24.8 Å². The Morgan fingerprint density at radius 2 is 1.96 bits per heavy atom. The Kier molecular flexibility index (Phi) is 5.84. The summed E-state index contributed by atoms with van der Waals surface area (Å²) < 4.78 is 4.82. The van der Waals surface area contributed by atoms with Crippen molar-refractivity contribution in [2.24, 2.45) is 0 Å². The summed E-state index contributed by atoms with van der Waals surface area (Å²) in [5, 5.41) is 3.93. The van der Waals surface area contributed by atoms with E-state index in [0.717, 1.165) is 64.4 Å². The Labute approximate surface area is 144 Å². The molecule has 1 unspecified atom stereocenters. The van der Waals surface area contributed by atoms with Gasteiger partial charge in [-0.25, -0.2) is 0 Å². The molecule has 0 aromatic carbocycles. The third-order valence-corrected chi connectivity index (χ3v) is 5.53. The Balaban J connectivity index is 1.38. The van der Waals surface area contributed by atoms with Crippen LogP contribution in [0.3, 0.4) is 0 Å². The highest BCUT2D eigenvalue weighted by molar-refractivity contribution is 5.76. The molecule has 0 N–H and O–H groups in total. The molecule has 1 amide bonds. The SMILES string of the molecule is CC(CCC(=O)N1CCC(c2ncon2)CC1)N1CCN(C)CC1. The lowest BCUT2D eigenvalue weighted by atomic mass is 9.96. The van der Waals surface area contributed by atoms with Gasteiger partial charge in [0.05, 0.1) is 0 Å². The summed E-state index contributed by atoms with van der Waals surface area (Å²) in [6.45, 7) is 8.34. The van der Waals surface area contributed by atoms with Crippen LogP contribution in [0, 0.1) is 0 Å². The predicted octanol–water partition coefficient (Wildman–Crippen LogP) is 1.19. The summed E-state index contributed by atoms with van der Waals surface area (Å²) in [7, 11) is 2.17. The lowest BCUT2D eigenvalue weighted by Crippen LogP contribution is -2.48. The minimum atomic E-state index is 0.294. The first-order valence-electron chi connectivity index (χ1n) is 9.10. The first-order chi connectivity index (χ1) is 11.6. The van der Waals surface area contributed by atoms with Crippen molar-refractivity contribution in [3.05, 3.63) is 12.2 Å². The molecule has 1 aromatic heterocycles. The highest BCUT2D eigenvalue weighted by atomic mass is 16.5. The van der Waals surface area contributed by atoms with Gasteiger partial charge in [0.15, 0.2) is 5.82 Å². The van der Waals surface area contributed by atoms with Crippen molar-refractivity contribution in [3.8, 4) is 0 Å². The van der Waals surface area contributed by atoms with Gasteiger partial charge in [-0.2, -0.15) is 4.98 Å². The molecule has 2 saturated heterocycles. The van der Waals surface area contributed by atoms with E-state index in [-0.39, 0.29) is 0 Å². The van der Waals surface area contributed by atoms with E-state index in [4.69, 9.17) is 4.52 Å². The second kappa shape index (κ2) is 8.07. The van der Waals surface area contributed by atoms with Crippen LogP contribution in [0.5, 0.6) is 0 Å². The monoisotopic (exact) mass is 335 g/mol. The van der Waals surface area contributed by atoms with Gasteiger partial charge in [0.1, 0.15) is 0 Å². The van der Waals surface area contributed by atoms with Crippen molar-refractivity contribution < 1.29 is 9.32 Å². The minimum Gasteiger partial charge on any atom is -0.343 e. The summed E-state index contributed by atoms with van der Waals surface area (Å²) in [4.78, 5) is 23.5. The number of hydrogen-bond acceptors (Lipinski definition) is 6. The molecule has 24 heavy (non-hydrogen) atoms. The van der Waals surface area contributed by atoms with Crippen molar-refractivity contribution >= 4 is 5.91 Å². The first kappa shape index (κ1) is 17.4. The fourth-order valence-electron chi connectivity index (χ4n) is 3.68. The molecule has 134 valence electrons. The molecule has 2 fully saturated rings. The maximum absolute atomic E-state index is 12.5. The summed E-state index contributed by atoms with van der Waals surface area (Å²) in [6.07, 6.45) is 4.85. The number of likely N-dealkylation sites (N-methyl/N-ethyl adjacent to an activating group) is 1. The average Bonchev–Trinajstić information content (AvgIpc) is 3.15. The van der Waals surface area contributed by atoms with E-state index in [1.54, 1.807) is 0 Å². The molecular weight excluding hydrogens is 306 g/mol. The normalized spacial score (nSPS) is 22.7. The molecule has 7 heteroatoms. The zero-order chi connectivity index (χ0) is 16.9. The van der Waals surface area contributed by atoms with Crippen molar-refractivity contribution in [2.75, 3.05) is 46.3 Å². The molecule has 2 aliphatic rings. The standard InChI is InChI=1S/C17H29N5O2/c1-14(21-11-9-20(2)10-12-21)3-4-16(23)22-7-5-15(6-8-22)17-18-13-24-19-17/h13-15H,3-12H2,1-2H3. The summed E-state index contributed by atoms with van der Waals surface area (Å²) in [5.74, 6) is 1.41. The molecule has 2 aliphatic heterocycles. The topological polar surface area (TPSA) is 65.7 Å². The van der Waals surface area contributed by atoms with Gasteiger partial charge >= 0.3 is 0 Å². The van der Waals surface area contributed by atoms with Gasteiger partial charge < -0.3 is 14.3 Å². The number of carbonyl (C=O) groups is 1. The number of likely N-dealkylation sites (tertiary alicyclic amines) is 1. The van der Waals surface area contributed by atoms with Crippen LogP contribution in [-0.4, -0.2) is 83.1 Å². The van der Waals surface area contributed by atoms with E-state index >= 15 is 0 Å². The smallest absolute Gasteiger partial charge is 0.222 e. The number of aromatic nitrogens is 2. The fraction of sp³-hybridized carbons (Fsp3) is 0.824. The predicted molar refractivity (Wildman–Crippen MR) is 90.6 cm³/mol. The minimum absolute atomic E-state index is 0.294. The van der Waals surface area contributed by atoms with Gasteiger partial charge in [0, 0.05) is 57.6 Å². The molecule has 0 spiro atoms. The number of amides is 1. The average molecular weight is 335 g/mol. The van der Waals surface area contributed by atoms with Crippen LogP contribution in [0.2, 0.25) is 0 Å². The molecule has 1 aromatic rings.